The second kappa shape index (κ2) is 8.21. The van der Waals surface area contributed by atoms with Gasteiger partial charge in [0.15, 0.2) is 0 Å². The van der Waals surface area contributed by atoms with Crippen molar-refractivity contribution in [3.05, 3.63) is 58.6 Å². The average molecular weight is 349 g/mol. The first-order valence-electron chi connectivity index (χ1n) is 7.09. The van der Waals surface area contributed by atoms with Crippen LogP contribution in [0.25, 0.3) is 0 Å². The lowest BCUT2D eigenvalue weighted by Gasteiger charge is -2.11. The molecule has 126 valence electrons. The highest BCUT2D eigenvalue weighted by Gasteiger charge is 2.13. The van der Waals surface area contributed by atoms with E-state index in [-0.39, 0.29) is 12.6 Å². The zero-order valence-electron chi connectivity index (χ0n) is 13.3. The maximum absolute atomic E-state index is 11.9. The van der Waals surface area contributed by atoms with Gasteiger partial charge in [0.1, 0.15) is 11.3 Å². The van der Waals surface area contributed by atoms with Crippen LogP contribution in [-0.4, -0.2) is 26.2 Å². The van der Waals surface area contributed by atoms with Gasteiger partial charge in [-0.15, -0.1) is 0 Å². The second-order valence-electron chi connectivity index (χ2n) is 4.84. The Labute approximate surface area is 144 Å². The zero-order chi connectivity index (χ0) is 17.5. The maximum Gasteiger partial charge on any atom is 0.341 e. The Kier molecular flexibility index (Phi) is 6.03. The number of ether oxygens (including phenoxy) is 2. The lowest BCUT2D eigenvalue weighted by atomic mass is 10.1. The normalized spacial score (nSPS) is 9.96. The summed E-state index contributed by atoms with van der Waals surface area (Å²) in [5.41, 5.74) is 1.67. The number of rotatable bonds is 5. The van der Waals surface area contributed by atoms with Gasteiger partial charge in [-0.2, -0.15) is 0 Å². The molecule has 7 heteroatoms. The van der Waals surface area contributed by atoms with Gasteiger partial charge in [-0.25, -0.2) is 9.59 Å². The van der Waals surface area contributed by atoms with Crippen LogP contribution >= 0.6 is 11.6 Å². The summed E-state index contributed by atoms with van der Waals surface area (Å²) >= 11 is 5.79. The van der Waals surface area contributed by atoms with Crippen molar-refractivity contribution in [1.82, 2.24) is 5.32 Å². The van der Waals surface area contributed by atoms with Crippen LogP contribution in [0.3, 0.4) is 0 Å². The topological polar surface area (TPSA) is 76.7 Å². The van der Waals surface area contributed by atoms with Crippen LogP contribution in [0.15, 0.2) is 42.5 Å². The number of halogens is 1. The van der Waals surface area contributed by atoms with E-state index in [1.54, 1.807) is 42.5 Å². The van der Waals surface area contributed by atoms with Crippen molar-refractivity contribution >= 4 is 29.3 Å². The second-order valence-corrected chi connectivity index (χ2v) is 5.28. The number of nitrogens with one attached hydrogen (secondary N) is 2. The van der Waals surface area contributed by atoms with E-state index >= 15 is 0 Å². The monoisotopic (exact) mass is 348 g/mol. The van der Waals surface area contributed by atoms with Gasteiger partial charge in [-0.3, -0.25) is 0 Å². The lowest BCUT2D eigenvalue weighted by molar-refractivity contribution is 0.0597. The number of amides is 2. The predicted molar refractivity (Wildman–Crippen MR) is 91.6 cm³/mol. The Balaban J connectivity index is 1.99. The van der Waals surface area contributed by atoms with Crippen molar-refractivity contribution in [2.24, 2.45) is 0 Å². The minimum atomic E-state index is -0.501. The first kappa shape index (κ1) is 17.6. The van der Waals surface area contributed by atoms with Gasteiger partial charge >= 0.3 is 12.0 Å². The zero-order valence-corrected chi connectivity index (χ0v) is 14.0. The molecule has 0 atom stereocenters. The molecular weight excluding hydrogens is 332 g/mol. The third-order valence-electron chi connectivity index (χ3n) is 3.22. The van der Waals surface area contributed by atoms with Gasteiger partial charge in [0.05, 0.1) is 14.2 Å². The van der Waals surface area contributed by atoms with E-state index in [1.165, 1.54) is 14.2 Å². The largest absolute Gasteiger partial charge is 0.496 e. The molecule has 0 aromatic heterocycles. The van der Waals surface area contributed by atoms with E-state index in [0.29, 0.717) is 22.0 Å². The van der Waals surface area contributed by atoms with E-state index in [0.717, 1.165) is 5.56 Å². The number of hydrogen-bond donors (Lipinski definition) is 2. The Bertz CT molecular complexity index is 732. The summed E-state index contributed by atoms with van der Waals surface area (Å²) in [7, 11) is 2.77. The standard InChI is InChI=1S/C17H17ClN2O4/c1-23-15-8-3-11(9-14(15)16(21)24-2)10-19-17(22)20-13-6-4-12(18)5-7-13/h3-9H,10H2,1-2H3,(H2,19,20,22). The number of hydrogen-bond acceptors (Lipinski definition) is 4. The number of carbonyl (C=O) groups excluding carboxylic acids is 2. The molecule has 0 heterocycles. The fourth-order valence-electron chi connectivity index (χ4n) is 2.03. The Morgan fingerprint density at radius 2 is 1.79 bits per heavy atom. The minimum absolute atomic E-state index is 0.243. The SMILES string of the molecule is COC(=O)c1cc(CNC(=O)Nc2ccc(Cl)cc2)ccc1OC. The van der Waals surface area contributed by atoms with E-state index in [9.17, 15) is 9.59 Å². The molecule has 0 fully saturated rings. The average Bonchev–Trinajstić information content (AvgIpc) is 2.61. The highest BCUT2D eigenvalue weighted by molar-refractivity contribution is 6.30. The first-order valence-corrected chi connectivity index (χ1v) is 7.47. The van der Waals surface area contributed by atoms with E-state index in [2.05, 4.69) is 10.6 Å². The number of anilines is 1. The molecule has 0 aliphatic carbocycles. The summed E-state index contributed by atoms with van der Waals surface area (Å²) in [5.74, 6) is -0.0875. The highest BCUT2D eigenvalue weighted by atomic mass is 35.5. The van der Waals surface area contributed by atoms with Crippen molar-refractivity contribution in [2.45, 2.75) is 6.54 Å². The maximum atomic E-state index is 11.9. The molecule has 24 heavy (non-hydrogen) atoms. The molecule has 0 radical (unpaired) electrons. The summed E-state index contributed by atoms with van der Waals surface area (Å²) in [4.78, 5) is 23.6. The molecule has 0 unspecified atom stereocenters. The van der Waals surface area contributed by atoms with Crippen molar-refractivity contribution < 1.29 is 19.1 Å². The number of esters is 1. The quantitative estimate of drug-likeness (QED) is 0.811. The van der Waals surface area contributed by atoms with Crippen LogP contribution in [0.1, 0.15) is 15.9 Å². The molecule has 2 aromatic carbocycles. The summed E-state index contributed by atoms with van der Waals surface area (Å²) in [5, 5.41) is 5.99. The van der Waals surface area contributed by atoms with Gasteiger partial charge in [0.2, 0.25) is 0 Å². The van der Waals surface area contributed by atoms with Crippen LogP contribution in [0, 0.1) is 0 Å². The van der Waals surface area contributed by atoms with Crippen LogP contribution < -0.4 is 15.4 Å². The Morgan fingerprint density at radius 3 is 2.42 bits per heavy atom. The lowest BCUT2D eigenvalue weighted by Crippen LogP contribution is -2.28. The molecule has 0 saturated heterocycles. The minimum Gasteiger partial charge on any atom is -0.496 e. The molecule has 2 N–H and O–H groups in total. The van der Waals surface area contributed by atoms with Gasteiger partial charge in [0.25, 0.3) is 0 Å². The fourth-order valence-corrected chi connectivity index (χ4v) is 2.15. The van der Waals surface area contributed by atoms with Crippen LogP contribution in [-0.2, 0) is 11.3 Å². The molecule has 2 amide bonds. The number of benzene rings is 2. The molecule has 2 rings (SSSR count). The van der Waals surface area contributed by atoms with Gasteiger partial charge in [-0.1, -0.05) is 17.7 Å². The van der Waals surface area contributed by atoms with Gasteiger partial charge in [-0.05, 0) is 42.0 Å². The molecule has 6 nitrogen and oxygen atoms in total. The van der Waals surface area contributed by atoms with E-state index in [4.69, 9.17) is 21.1 Å². The van der Waals surface area contributed by atoms with Gasteiger partial charge in [0, 0.05) is 17.3 Å². The summed E-state index contributed by atoms with van der Waals surface area (Å²) in [6, 6.07) is 11.4. The van der Waals surface area contributed by atoms with Crippen LogP contribution in [0.4, 0.5) is 10.5 Å². The molecule has 0 aliphatic rings. The Morgan fingerprint density at radius 1 is 1.08 bits per heavy atom. The Hall–Kier alpha value is -2.73. The van der Waals surface area contributed by atoms with Crippen molar-refractivity contribution in [3.63, 3.8) is 0 Å². The van der Waals surface area contributed by atoms with Crippen LogP contribution in [0.2, 0.25) is 5.02 Å². The van der Waals surface area contributed by atoms with Crippen molar-refractivity contribution in [1.29, 1.82) is 0 Å². The van der Waals surface area contributed by atoms with Crippen molar-refractivity contribution in [3.8, 4) is 5.75 Å². The molecule has 2 aromatic rings. The van der Waals surface area contributed by atoms with Gasteiger partial charge < -0.3 is 20.1 Å². The fraction of sp³-hybridized carbons (Fsp3) is 0.176. The number of methoxy groups -OCH3 is 2. The molecule has 0 bridgehead atoms. The molecular formula is C17H17ClN2O4. The molecule has 0 saturated carbocycles. The van der Waals surface area contributed by atoms with Crippen LogP contribution in [0.5, 0.6) is 5.75 Å². The number of urea groups is 1. The molecule has 0 aliphatic heterocycles. The molecule has 0 spiro atoms. The summed E-state index contributed by atoms with van der Waals surface area (Å²) in [6.07, 6.45) is 0. The van der Waals surface area contributed by atoms with E-state index in [1.807, 2.05) is 0 Å². The summed E-state index contributed by atoms with van der Waals surface area (Å²) < 4.78 is 9.84. The summed E-state index contributed by atoms with van der Waals surface area (Å²) in [6.45, 7) is 0.243. The number of carbonyl (C=O) groups is 2. The highest BCUT2D eigenvalue weighted by Crippen LogP contribution is 2.20. The smallest absolute Gasteiger partial charge is 0.341 e. The van der Waals surface area contributed by atoms with E-state index < -0.39 is 5.97 Å². The third-order valence-corrected chi connectivity index (χ3v) is 3.48. The predicted octanol–water partition coefficient (Wildman–Crippen LogP) is 3.46. The van der Waals surface area contributed by atoms with Crippen molar-refractivity contribution in [2.75, 3.05) is 19.5 Å². The first-order chi connectivity index (χ1) is 11.5. The third kappa shape index (κ3) is 4.63.